The van der Waals surface area contributed by atoms with E-state index in [1.54, 1.807) is 12.3 Å². The van der Waals surface area contributed by atoms with E-state index in [0.29, 0.717) is 49.0 Å². The number of amides is 1. The Labute approximate surface area is 260 Å². The molecule has 0 bridgehead atoms. The van der Waals surface area contributed by atoms with Crippen LogP contribution >= 0.6 is 0 Å². The zero-order valence-corrected chi connectivity index (χ0v) is 24.7. The van der Waals surface area contributed by atoms with Crippen LogP contribution in [0.2, 0.25) is 0 Å². The molecule has 1 aromatic carbocycles. The number of benzene rings is 1. The van der Waals surface area contributed by atoms with Gasteiger partial charge in [0.25, 0.3) is 0 Å². The van der Waals surface area contributed by atoms with Crippen LogP contribution < -0.4 is 20.9 Å². The van der Waals surface area contributed by atoms with E-state index in [9.17, 15) is 4.79 Å². The summed E-state index contributed by atoms with van der Waals surface area (Å²) in [5.74, 6) is 2.71. The summed E-state index contributed by atoms with van der Waals surface area (Å²) in [4.78, 5) is 41.3. The summed E-state index contributed by atoms with van der Waals surface area (Å²) in [5.41, 5.74) is 11.0. The number of pyridine rings is 2. The van der Waals surface area contributed by atoms with Gasteiger partial charge in [0.1, 0.15) is 41.1 Å². The molecule has 1 amide bonds. The van der Waals surface area contributed by atoms with Gasteiger partial charge >= 0.3 is 0 Å². The molecule has 7 rings (SSSR count). The fourth-order valence-electron chi connectivity index (χ4n) is 5.88. The molecule has 13 heteroatoms. The molecule has 2 aliphatic rings. The topological polar surface area (TPSA) is 158 Å². The summed E-state index contributed by atoms with van der Waals surface area (Å²) >= 11 is 0. The van der Waals surface area contributed by atoms with Crippen molar-refractivity contribution in [3.8, 4) is 23.1 Å². The third kappa shape index (κ3) is 5.83. The number of carbonyl (C=O) groups is 1. The van der Waals surface area contributed by atoms with Crippen molar-refractivity contribution in [3.05, 3.63) is 78.4 Å². The number of nitrogen functional groups attached to an aromatic ring is 1. The van der Waals surface area contributed by atoms with Crippen molar-refractivity contribution >= 4 is 34.5 Å². The first-order valence-electron chi connectivity index (χ1n) is 15.0. The number of rotatable bonds is 6. The first-order valence-corrected chi connectivity index (χ1v) is 15.0. The number of aromatic nitrogens is 6. The SMILES string of the molecule is N#Cc1cc(N2CCN(Cc3ccc(-n4c(-c5cccnc5N)nc5ccc(N6CCNC(=O)CC6)nc54)cc3)CC2)ncn1. The molecule has 0 spiro atoms. The van der Waals surface area contributed by atoms with Gasteiger partial charge in [0, 0.05) is 76.7 Å². The summed E-state index contributed by atoms with van der Waals surface area (Å²) in [6, 6.07) is 20.0. The van der Waals surface area contributed by atoms with E-state index in [1.807, 2.05) is 28.8 Å². The zero-order valence-electron chi connectivity index (χ0n) is 24.7. The molecular formula is C32H32N12O. The van der Waals surface area contributed by atoms with Gasteiger partial charge in [-0.05, 0) is 42.0 Å². The zero-order chi connectivity index (χ0) is 30.8. The van der Waals surface area contributed by atoms with Crippen molar-refractivity contribution in [3.63, 3.8) is 0 Å². The fraction of sp³-hybridized carbons (Fsp3) is 0.281. The molecule has 3 N–H and O–H groups in total. The largest absolute Gasteiger partial charge is 0.383 e. The lowest BCUT2D eigenvalue weighted by molar-refractivity contribution is -0.120. The van der Waals surface area contributed by atoms with Crippen molar-refractivity contribution in [2.24, 2.45) is 0 Å². The van der Waals surface area contributed by atoms with Crippen molar-refractivity contribution in [2.45, 2.75) is 13.0 Å². The van der Waals surface area contributed by atoms with Crippen molar-refractivity contribution in [1.82, 2.24) is 39.7 Å². The van der Waals surface area contributed by atoms with E-state index in [-0.39, 0.29) is 5.91 Å². The highest BCUT2D eigenvalue weighted by Crippen LogP contribution is 2.31. The molecule has 226 valence electrons. The molecule has 45 heavy (non-hydrogen) atoms. The summed E-state index contributed by atoms with van der Waals surface area (Å²) in [6.45, 7) is 6.10. The number of anilines is 3. The van der Waals surface area contributed by atoms with Crippen LogP contribution in [0.15, 0.2) is 67.1 Å². The number of carbonyl (C=O) groups excluding carboxylic acids is 1. The number of hydrogen-bond donors (Lipinski definition) is 2. The number of fused-ring (bicyclic) bond motifs is 1. The second-order valence-electron chi connectivity index (χ2n) is 11.1. The second-order valence-corrected chi connectivity index (χ2v) is 11.1. The molecule has 6 heterocycles. The normalized spacial score (nSPS) is 15.9. The van der Waals surface area contributed by atoms with Crippen LogP contribution in [0.5, 0.6) is 0 Å². The Balaban J connectivity index is 1.15. The predicted molar refractivity (Wildman–Crippen MR) is 171 cm³/mol. The molecule has 0 aliphatic carbocycles. The van der Waals surface area contributed by atoms with Gasteiger partial charge in [-0.25, -0.2) is 24.9 Å². The molecule has 13 nitrogen and oxygen atoms in total. The van der Waals surface area contributed by atoms with E-state index in [0.717, 1.165) is 61.1 Å². The van der Waals surface area contributed by atoms with Crippen LogP contribution in [0.4, 0.5) is 17.5 Å². The van der Waals surface area contributed by atoms with Gasteiger partial charge in [0.2, 0.25) is 5.91 Å². The highest BCUT2D eigenvalue weighted by Gasteiger charge is 2.22. The predicted octanol–water partition coefficient (Wildman–Crippen LogP) is 2.37. The first kappa shape index (κ1) is 28.2. The molecular weight excluding hydrogens is 568 g/mol. The summed E-state index contributed by atoms with van der Waals surface area (Å²) in [5, 5.41) is 12.1. The number of nitrogens with one attached hydrogen (secondary N) is 1. The molecule has 0 unspecified atom stereocenters. The number of piperazine rings is 1. The van der Waals surface area contributed by atoms with Gasteiger partial charge in [-0.1, -0.05) is 12.1 Å². The van der Waals surface area contributed by atoms with E-state index in [2.05, 4.69) is 65.3 Å². The van der Waals surface area contributed by atoms with Crippen LogP contribution in [0.25, 0.3) is 28.2 Å². The van der Waals surface area contributed by atoms with E-state index in [4.69, 9.17) is 21.0 Å². The van der Waals surface area contributed by atoms with Crippen LogP contribution in [0.1, 0.15) is 17.7 Å². The average Bonchev–Trinajstić information content (AvgIpc) is 3.31. The van der Waals surface area contributed by atoms with Crippen molar-refractivity contribution in [1.29, 1.82) is 5.26 Å². The number of nitrogens with two attached hydrogens (primary N) is 1. The highest BCUT2D eigenvalue weighted by molar-refractivity contribution is 5.84. The molecule has 0 atom stereocenters. The Morgan fingerprint density at radius 3 is 2.51 bits per heavy atom. The third-order valence-electron chi connectivity index (χ3n) is 8.27. The summed E-state index contributed by atoms with van der Waals surface area (Å²) in [7, 11) is 0. The Bertz CT molecular complexity index is 1890. The third-order valence-corrected chi connectivity index (χ3v) is 8.27. The van der Waals surface area contributed by atoms with E-state index in [1.165, 1.54) is 11.9 Å². The van der Waals surface area contributed by atoms with Crippen LogP contribution in [-0.4, -0.2) is 86.1 Å². The standard InChI is InChI=1S/C32H32N12O/c33-19-23-18-28(38-21-37-23)43-16-14-41(15-17-43)20-22-3-5-24(6-4-22)44-31(25-2-1-10-36-30(25)34)39-26-7-8-27(40-32(26)44)42-12-9-29(45)35-11-13-42/h1-8,10,18,21H,9,11-17,20H2,(H2,34,36)(H,35,45). The quantitative estimate of drug-likeness (QED) is 0.295. The van der Waals surface area contributed by atoms with Crippen LogP contribution in [0, 0.1) is 11.3 Å². The molecule has 5 aromatic rings. The molecule has 2 aliphatic heterocycles. The lowest BCUT2D eigenvalue weighted by Crippen LogP contribution is -2.46. The summed E-state index contributed by atoms with van der Waals surface area (Å²) in [6.07, 6.45) is 3.54. The molecule has 0 saturated carbocycles. The first-order chi connectivity index (χ1) is 22.1. The monoisotopic (exact) mass is 600 g/mol. The molecule has 4 aromatic heterocycles. The minimum Gasteiger partial charge on any atom is -0.383 e. The summed E-state index contributed by atoms with van der Waals surface area (Å²) < 4.78 is 2.03. The van der Waals surface area contributed by atoms with Crippen LogP contribution in [-0.2, 0) is 11.3 Å². The fourth-order valence-corrected chi connectivity index (χ4v) is 5.88. The number of nitrogens with zero attached hydrogens (tertiary/aromatic N) is 10. The Hall–Kier alpha value is -5.61. The van der Waals surface area contributed by atoms with Gasteiger partial charge < -0.3 is 20.9 Å². The maximum Gasteiger partial charge on any atom is 0.221 e. The van der Waals surface area contributed by atoms with Crippen molar-refractivity contribution in [2.75, 3.05) is 61.3 Å². The number of nitriles is 1. The van der Waals surface area contributed by atoms with Gasteiger partial charge in [-0.15, -0.1) is 0 Å². The molecule has 2 saturated heterocycles. The Morgan fingerprint density at radius 2 is 1.71 bits per heavy atom. The maximum absolute atomic E-state index is 11.9. The number of hydrogen-bond acceptors (Lipinski definition) is 11. The van der Waals surface area contributed by atoms with Gasteiger partial charge in [-0.2, -0.15) is 5.26 Å². The Morgan fingerprint density at radius 1 is 0.889 bits per heavy atom. The van der Waals surface area contributed by atoms with E-state index >= 15 is 0 Å². The van der Waals surface area contributed by atoms with Gasteiger partial charge in [0.05, 0.1) is 5.56 Å². The second kappa shape index (κ2) is 12.2. The van der Waals surface area contributed by atoms with Crippen molar-refractivity contribution < 1.29 is 4.79 Å². The number of imidazole rings is 1. The lowest BCUT2D eigenvalue weighted by atomic mass is 10.1. The smallest absolute Gasteiger partial charge is 0.221 e. The molecule has 0 radical (unpaired) electrons. The Kier molecular flexibility index (Phi) is 7.62. The lowest BCUT2D eigenvalue weighted by Gasteiger charge is -2.35. The minimum absolute atomic E-state index is 0.0554. The molecule has 2 fully saturated rings. The highest BCUT2D eigenvalue weighted by atomic mass is 16.1. The van der Waals surface area contributed by atoms with Crippen LogP contribution in [0.3, 0.4) is 0 Å². The van der Waals surface area contributed by atoms with Gasteiger partial charge in [-0.3, -0.25) is 14.3 Å². The van der Waals surface area contributed by atoms with Gasteiger partial charge in [0.15, 0.2) is 11.5 Å². The van der Waals surface area contributed by atoms with E-state index < -0.39 is 0 Å². The minimum atomic E-state index is 0.0554. The average molecular weight is 601 g/mol. The maximum atomic E-state index is 11.9.